The van der Waals surface area contributed by atoms with Crippen LogP contribution in [0.15, 0.2) is 16.8 Å². The Labute approximate surface area is 82.5 Å². The van der Waals surface area contributed by atoms with Crippen molar-refractivity contribution in [1.29, 1.82) is 0 Å². The van der Waals surface area contributed by atoms with E-state index in [1.807, 2.05) is 0 Å². The quantitative estimate of drug-likeness (QED) is 0.701. The van der Waals surface area contributed by atoms with Gasteiger partial charge in [0, 0.05) is 13.5 Å². The number of ether oxygens (including phenoxy) is 1. The van der Waals surface area contributed by atoms with Crippen molar-refractivity contribution in [3.63, 3.8) is 0 Å². The van der Waals surface area contributed by atoms with Crippen LogP contribution < -0.4 is 0 Å². The fraction of sp³-hybridized carbons (Fsp3) is 0.500. The van der Waals surface area contributed by atoms with Crippen LogP contribution >= 0.6 is 11.3 Å². The molecular formula is C10H14O2S. The van der Waals surface area contributed by atoms with Crippen LogP contribution in [0.1, 0.15) is 18.4 Å². The van der Waals surface area contributed by atoms with Crippen LogP contribution in [0.4, 0.5) is 0 Å². The lowest BCUT2D eigenvalue weighted by Gasteiger charge is -1.98. The number of hydrogen-bond donors (Lipinski definition) is 0. The smallest absolute Gasteiger partial charge is 0.158 e. The molecule has 0 aromatic carbocycles. The molecule has 0 fully saturated rings. The molecule has 0 bridgehead atoms. The van der Waals surface area contributed by atoms with Crippen LogP contribution in [0.25, 0.3) is 0 Å². The van der Waals surface area contributed by atoms with Gasteiger partial charge in [-0.25, -0.2) is 0 Å². The van der Waals surface area contributed by atoms with E-state index in [0.717, 1.165) is 12.8 Å². The second kappa shape index (κ2) is 5.89. The number of ketones is 1. The van der Waals surface area contributed by atoms with E-state index in [-0.39, 0.29) is 12.4 Å². The first-order valence-corrected chi connectivity index (χ1v) is 5.29. The Morgan fingerprint density at radius 2 is 2.46 bits per heavy atom. The van der Waals surface area contributed by atoms with E-state index in [9.17, 15) is 4.79 Å². The minimum absolute atomic E-state index is 0.192. The molecular weight excluding hydrogens is 184 g/mol. The number of Topliss-reactive ketones (excluding diaryl/α,β-unsaturated/α-hetero) is 1. The van der Waals surface area contributed by atoms with E-state index in [1.54, 1.807) is 18.4 Å². The van der Waals surface area contributed by atoms with Crippen molar-refractivity contribution >= 4 is 17.1 Å². The molecule has 1 aromatic heterocycles. The van der Waals surface area contributed by atoms with E-state index in [1.165, 1.54) is 5.56 Å². The molecule has 0 saturated heterocycles. The number of carbonyl (C=O) groups excluding carboxylic acids is 1. The number of hydrogen-bond acceptors (Lipinski definition) is 3. The third-order valence-corrected chi connectivity index (χ3v) is 2.54. The Morgan fingerprint density at radius 3 is 3.08 bits per heavy atom. The van der Waals surface area contributed by atoms with Gasteiger partial charge >= 0.3 is 0 Å². The van der Waals surface area contributed by atoms with Crippen LogP contribution in [-0.2, 0) is 16.0 Å². The third kappa shape index (κ3) is 4.20. The SMILES string of the molecule is COCC(=O)CCCc1ccsc1. The molecule has 0 spiro atoms. The van der Waals surface area contributed by atoms with Gasteiger partial charge in [0.05, 0.1) is 0 Å². The summed E-state index contributed by atoms with van der Waals surface area (Å²) in [5.74, 6) is 0.192. The van der Waals surface area contributed by atoms with Gasteiger partial charge in [-0.15, -0.1) is 0 Å². The maximum atomic E-state index is 11.0. The molecule has 0 aliphatic heterocycles. The van der Waals surface area contributed by atoms with E-state index in [0.29, 0.717) is 6.42 Å². The van der Waals surface area contributed by atoms with Crippen molar-refractivity contribution in [2.75, 3.05) is 13.7 Å². The molecule has 1 heterocycles. The zero-order valence-corrected chi connectivity index (χ0v) is 8.60. The minimum atomic E-state index is 0.192. The maximum Gasteiger partial charge on any atom is 0.158 e. The number of thiophene rings is 1. The fourth-order valence-electron chi connectivity index (χ4n) is 1.16. The fourth-order valence-corrected chi connectivity index (χ4v) is 1.86. The minimum Gasteiger partial charge on any atom is -0.377 e. The average Bonchev–Trinajstić information content (AvgIpc) is 2.57. The summed E-state index contributed by atoms with van der Waals surface area (Å²) in [4.78, 5) is 11.0. The Bertz CT molecular complexity index is 241. The van der Waals surface area contributed by atoms with Gasteiger partial charge in [0.15, 0.2) is 5.78 Å². The normalized spacial score (nSPS) is 10.2. The van der Waals surface area contributed by atoms with E-state index < -0.39 is 0 Å². The molecule has 1 rings (SSSR count). The molecule has 72 valence electrons. The predicted molar refractivity (Wildman–Crippen MR) is 54.1 cm³/mol. The Balaban J connectivity index is 2.11. The summed E-state index contributed by atoms with van der Waals surface area (Å²) in [6.07, 6.45) is 2.56. The van der Waals surface area contributed by atoms with Gasteiger partial charge in [0.1, 0.15) is 6.61 Å². The topological polar surface area (TPSA) is 26.3 Å². The summed E-state index contributed by atoms with van der Waals surface area (Å²) in [5, 5.41) is 4.19. The average molecular weight is 198 g/mol. The van der Waals surface area contributed by atoms with Crippen molar-refractivity contribution in [3.8, 4) is 0 Å². The molecule has 1 aromatic rings. The van der Waals surface area contributed by atoms with Gasteiger partial charge in [-0.05, 0) is 35.2 Å². The molecule has 3 heteroatoms. The van der Waals surface area contributed by atoms with Gasteiger partial charge < -0.3 is 4.74 Å². The highest BCUT2D eigenvalue weighted by Crippen LogP contribution is 2.09. The van der Waals surface area contributed by atoms with E-state index >= 15 is 0 Å². The summed E-state index contributed by atoms with van der Waals surface area (Å²) in [5.41, 5.74) is 1.33. The highest BCUT2D eigenvalue weighted by molar-refractivity contribution is 7.07. The lowest BCUT2D eigenvalue weighted by molar-refractivity contribution is -0.122. The maximum absolute atomic E-state index is 11.0. The van der Waals surface area contributed by atoms with Crippen LogP contribution in [0, 0.1) is 0 Å². The van der Waals surface area contributed by atoms with Crippen molar-refractivity contribution in [2.45, 2.75) is 19.3 Å². The van der Waals surface area contributed by atoms with Gasteiger partial charge in [0.2, 0.25) is 0 Å². The first-order chi connectivity index (χ1) is 6.33. The van der Waals surface area contributed by atoms with E-state index in [2.05, 4.69) is 16.8 Å². The zero-order valence-electron chi connectivity index (χ0n) is 7.79. The van der Waals surface area contributed by atoms with Crippen molar-refractivity contribution < 1.29 is 9.53 Å². The van der Waals surface area contributed by atoms with Crippen molar-refractivity contribution in [2.24, 2.45) is 0 Å². The molecule has 0 saturated carbocycles. The highest BCUT2D eigenvalue weighted by Gasteiger charge is 2.00. The molecule has 0 aliphatic rings. The molecule has 0 amide bonds. The van der Waals surface area contributed by atoms with Crippen molar-refractivity contribution in [3.05, 3.63) is 22.4 Å². The van der Waals surface area contributed by atoms with Crippen molar-refractivity contribution in [1.82, 2.24) is 0 Å². The molecule has 2 nitrogen and oxygen atoms in total. The van der Waals surface area contributed by atoms with Crippen LogP contribution in [0.5, 0.6) is 0 Å². The summed E-state index contributed by atoms with van der Waals surface area (Å²) < 4.78 is 4.74. The predicted octanol–water partition coefficient (Wildman–Crippen LogP) is 2.29. The lowest BCUT2D eigenvalue weighted by Crippen LogP contribution is -2.06. The van der Waals surface area contributed by atoms with Crippen LogP contribution in [0.3, 0.4) is 0 Å². The third-order valence-electron chi connectivity index (χ3n) is 1.81. The molecule has 13 heavy (non-hydrogen) atoms. The second-order valence-electron chi connectivity index (χ2n) is 2.96. The zero-order chi connectivity index (χ0) is 9.52. The number of methoxy groups -OCH3 is 1. The summed E-state index contributed by atoms with van der Waals surface area (Å²) in [6, 6.07) is 2.10. The largest absolute Gasteiger partial charge is 0.377 e. The Morgan fingerprint density at radius 1 is 1.62 bits per heavy atom. The molecule has 0 aliphatic carbocycles. The number of carbonyl (C=O) groups is 1. The summed E-state index contributed by atoms with van der Waals surface area (Å²) >= 11 is 1.70. The van der Waals surface area contributed by atoms with Crippen LogP contribution in [-0.4, -0.2) is 19.5 Å². The first kappa shape index (κ1) is 10.4. The standard InChI is InChI=1S/C10H14O2S/c1-12-7-10(11)4-2-3-9-5-6-13-8-9/h5-6,8H,2-4,7H2,1H3. The molecule has 0 radical (unpaired) electrons. The highest BCUT2D eigenvalue weighted by atomic mass is 32.1. The molecule has 0 unspecified atom stereocenters. The number of aryl methyl sites for hydroxylation is 1. The van der Waals surface area contributed by atoms with Gasteiger partial charge in [-0.3, -0.25) is 4.79 Å². The second-order valence-corrected chi connectivity index (χ2v) is 3.74. The van der Waals surface area contributed by atoms with E-state index in [4.69, 9.17) is 4.74 Å². The first-order valence-electron chi connectivity index (χ1n) is 4.34. The number of rotatable bonds is 6. The van der Waals surface area contributed by atoms with Gasteiger partial charge in [0.25, 0.3) is 0 Å². The van der Waals surface area contributed by atoms with Gasteiger partial charge in [-0.1, -0.05) is 0 Å². The van der Waals surface area contributed by atoms with Gasteiger partial charge in [-0.2, -0.15) is 11.3 Å². The lowest BCUT2D eigenvalue weighted by atomic mass is 10.1. The monoisotopic (exact) mass is 198 g/mol. The summed E-state index contributed by atoms with van der Waals surface area (Å²) in [6.45, 7) is 0.254. The summed E-state index contributed by atoms with van der Waals surface area (Å²) in [7, 11) is 1.55. The molecule has 0 atom stereocenters. The Kier molecular flexibility index (Phi) is 4.72. The van der Waals surface area contributed by atoms with Crippen LogP contribution in [0.2, 0.25) is 0 Å². The molecule has 0 N–H and O–H groups in total. The Hall–Kier alpha value is -0.670.